The van der Waals surface area contributed by atoms with E-state index in [4.69, 9.17) is 4.74 Å². The summed E-state index contributed by atoms with van der Waals surface area (Å²) in [4.78, 5) is 25.9. The summed E-state index contributed by atoms with van der Waals surface area (Å²) in [5.74, 6) is -1.04. The van der Waals surface area contributed by atoms with E-state index in [0.29, 0.717) is 28.9 Å². The molecule has 0 spiro atoms. The predicted molar refractivity (Wildman–Crippen MR) is 118 cm³/mol. The number of aromatic nitrogens is 3. The van der Waals surface area contributed by atoms with Crippen molar-refractivity contribution in [3.63, 3.8) is 0 Å². The van der Waals surface area contributed by atoms with Crippen LogP contribution < -0.4 is 5.32 Å². The third-order valence-corrected chi connectivity index (χ3v) is 4.93. The second-order valence-corrected chi connectivity index (χ2v) is 7.16. The second kappa shape index (κ2) is 8.79. The van der Waals surface area contributed by atoms with Crippen molar-refractivity contribution in [2.24, 2.45) is 0 Å². The maximum atomic E-state index is 13.0. The molecule has 1 atom stereocenters. The van der Waals surface area contributed by atoms with Gasteiger partial charge in [0, 0.05) is 17.8 Å². The van der Waals surface area contributed by atoms with Crippen molar-refractivity contribution in [3.05, 3.63) is 89.5 Å². The molecule has 1 unspecified atom stereocenters. The first-order valence-corrected chi connectivity index (χ1v) is 10.0. The van der Waals surface area contributed by atoms with Crippen molar-refractivity contribution >= 4 is 28.6 Å². The van der Waals surface area contributed by atoms with Crippen molar-refractivity contribution in [1.82, 2.24) is 15.0 Å². The highest BCUT2D eigenvalue weighted by molar-refractivity contribution is 5.99. The Balaban J connectivity index is 1.59. The Kier molecular flexibility index (Phi) is 5.75. The van der Waals surface area contributed by atoms with Gasteiger partial charge in [-0.2, -0.15) is 0 Å². The van der Waals surface area contributed by atoms with Crippen LogP contribution in [0.1, 0.15) is 34.5 Å². The Labute approximate surface area is 179 Å². The molecule has 4 aromatic rings. The zero-order valence-electron chi connectivity index (χ0n) is 17.3. The van der Waals surface area contributed by atoms with Gasteiger partial charge in [0.1, 0.15) is 5.52 Å². The zero-order valence-corrected chi connectivity index (χ0v) is 17.3. The summed E-state index contributed by atoms with van der Waals surface area (Å²) in [6, 6.07) is 21.4. The highest BCUT2D eigenvalue weighted by Gasteiger charge is 2.26. The van der Waals surface area contributed by atoms with E-state index in [1.54, 1.807) is 47.1 Å². The minimum Gasteiger partial charge on any atom is -0.444 e. The lowest BCUT2D eigenvalue weighted by molar-refractivity contribution is -0.125. The number of fused-ring (bicyclic) bond motifs is 1. The van der Waals surface area contributed by atoms with E-state index in [1.165, 1.54) is 0 Å². The Hall–Kier alpha value is -4.00. The molecule has 31 heavy (non-hydrogen) atoms. The first kappa shape index (κ1) is 20.3. The molecule has 0 radical (unpaired) electrons. The van der Waals surface area contributed by atoms with E-state index >= 15 is 0 Å². The van der Waals surface area contributed by atoms with Crippen molar-refractivity contribution in [1.29, 1.82) is 0 Å². The van der Waals surface area contributed by atoms with Gasteiger partial charge >= 0.3 is 5.97 Å². The summed E-state index contributed by atoms with van der Waals surface area (Å²) >= 11 is 0. The number of aryl methyl sites for hydroxylation is 2. The van der Waals surface area contributed by atoms with Crippen LogP contribution in [-0.4, -0.2) is 26.9 Å². The van der Waals surface area contributed by atoms with Crippen LogP contribution in [0, 0.1) is 6.92 Å². The molecule has 0 bridgehead atoms. The van der Waals surface area contributed by atoms with Gasteiger partial charge in [-0.3, -0.25) is 4.79 Å². The number of rotatable bonds is 6. The number of nitrogens with one attached hydrogen (secondary N) is 1. The molecule has 156 valence electrons. The number of ether oxygens (including phenoxy) is 1. The molecule has 0 fully saturated rings. The molecular weight excluding hydrogens is 392 g/mol. The van der Waals surface area contributed by atoms with Gasteiger partial charge in [0.2, 0.25) is 6.10 Å². The molecule has 0 aliphatic carbocycles. The van der Waals surface area contributed by atoms with Crippen LogP contribution >= 0.6 is 0 Å². The van der Waals surface area contributed by atoms with Crippen LogP contribution in [0.4, 0.5) is 5.69 Å². The van der Waals surface area contributed by atoms with Crippen molar-refractivity contribution < 1.29 is 14.3 Å². The Bertz CT molecular complexity index is 1220. The predicted octanol–water partition coefficient (Wildman–Crippen LogP) is 4.30. The van der Waals surface area contributed by atoms with Crippen LogP contribution in [0.5, 0.6) is 0 Å². The van der Waals surface area contributed by atoms with Gasteiger partial charge in [0.25, 0.3) is 5.91 Å². The number of carbonyl (C=O) groups is 2. The topological polar surface area (TPSA) is 86.1 Å². The van der Waals surface area contributed by atoms with Gasteiger partial charge in [-0.1, -0.05) is 53.2 Å². The van der Waals surface area contributed by atoms with E-state index in [9.17, 15) is 9.59 Å². The highest BCUT2D eigenvalue weighted by atomic mass is 16.5. The Morgan fingerprint density at radius 3 is 2.48 bits per heavy atom. The molecule has 1 heterocycles. The smallest absolute Gasteiger partial charge is 0.339 e. The lowest BCUT2D eigenvalue weighted by Crippen LogP contribution is -2.26. The van der Waals surface area contributed by atoms with Gasteiger partial charge in [0.05, 0.1) is 11.1 Å². The van der Waals surface area contributed by atoms with E-state index in [-0.39, 0.29) is 0 Å². The quantitative estimate of drug-likeness (QED) is 0.476. The van der Waals surface area contributed by atoms with Gasteiger partial charge in [0.15, 0.2) is 0 Å². The molecular formula is C24H22N4O3. The summed E-state index contributed by atoms with van der Waals surface area (Å²) in [5, 5.41) is 11.0. The van der Waals surface area contributed by atoms with Gasteiger partial charge < -0.3 is 10.1 Å². The van der Waals surface area contributed by atoms with Gasteiger partial charge in [-0.25, -0.2) is 9.48 Å². The molecule has 0 aliphatic heterocycles. The SMILES string of the molecule is CCn1nnc2cc(C(=O)OC(C(=O)Nc3ccc(C)cc3)c3ccccc3)ccc21. The van der Waals surface area contributed by atoms with Crippen LogP contribution in [-0.2, 0) is 16.1 Å². The molecule has 7 nitrogen and oxygen atoms in total. The molecule has 7 heteroatoms. The summed E-state index contributed by atoms with van der Waals surface area (Å²) in [6.45, 7) is 4.61. The summed E-state index contributed by atoms with van der Waals surface area (Å²) in [7, 11) is 0. The average molecular weight is 414 g/mol. The number of nitrogens with zero attached hydrogens (tertiary/aromatic N) is 3. The number of amides is 1. The number of hydrogen-bond acceptors (Lipinski definition) is 5. The van der Waals surface area contributed by atoms with E-state index < -0.39 is 18.0 Å². The molecule has 1 N–H and O–H groups in total. The maximum absolute atomic E-state index is 13.0. The number of hydrogen-bond donors (Lipinski definition) is 1. The molecule has 0 aliphatic rings. The fourth-order valence-corrected chi connectivity index (χ4v) is 3.25. The van der Waals surface area contributed by atoms with Crippen molar-refractivity contribution in [3.8, 4) is 0 Å². The highest BCUT2D eigenvalue weighted by Crippen LogP contribution is 2.23. The normalized spacial score (nSPS) is 11.8. The van der Waals surface area contributed by atoms with Crippen LogP contribution in [0.2, 0.25) is 0 Å². The summed E-state index contributed by atoms with van der Waals surface area (Å²) in [5.41, 5.74) is 4.02. The minimum absolute atomic E-state index is 0.305. The number of esters is 1. The van der Waals surface area contributed by atoms with Gasteiger partial charge in [-0.15, -0.1) is 5.10 Å². The monoisotopic (exact) mass is 414 g/mol. The average Bonchev–Trinajstić information content (AvgIpc) is 3.21. The van der Waals surface area contributed by atoms with E-state index in [0.717, 1.165) is 11.1 Å². The Morgan fingerprint density at radius 1 is 1.03 bits per heavy atom. The molecule has 3 aromatic carbocycles. The molecule has 0 saturated carbocycles. The Morgan fingerprint density at radius 2 is 1.77 bits per heavy atom. The first-order valence-electron chi connectivity index (χ1n) is 10.0. The number of carbonyl (C=O) groups excluding carboxylic acids is 2. The first-order chi connectivity index (χ1) is 15.0. The summed E-state index contributed by atoms with van der Waals surface area (Å²) in [6.07, 6.45) is -1.10. The minimum atomic E-state index is -1.10. The third-order valence-electron chi connectivity index (χ3n) is 4.93. The second-order valence-electron chi connectivity index (χ2n) is 7.16. The lowest BCUT2D eigenvalue weighted by Gasteiger charge is -2.18. The number of benzene rings is 3. The van der Waals surface area contributed by atoms with Gasteiger partial charge in [-0.05, 0) is 44.2 Å². The molecule has 0 saturated heterocycles. The van der Waals surface area contributed by atoms with Crippen LogP contribution in [0.3, 0.4) is 0 Å². The van der Waals surface area contributed by atoms with Crippen LogP contribution in [0.25, 0.3) is 11.0 Å². The number of anilines is 1. The van der Waals surface area contributed by atoms with E-state index in [1.807, 2.05) is 44.2 Å². The van der Waals surface area contributed by atoms with Crippen molar-refractivity contribution in [2.45, 2.75) is 26.5 Å². The summed E-state index contributed by atoms with van der Waals surface area (Å²) < 4.78 is 7.40. The zero-order chi connectivity index (χ0) is 21.8. The van der Waals surface area contributed by atoms with E-state index in [2.05, 4.69) is 15.6 Å². The molecule has 4 rings (SSSR count). The molecule has 1 aromatic heterocycles. The molecule has 1 amide bonds. The third kappa shape index (κ3) is 4.45. The van der Waals surface area contributed by atoms with Crippen molar-refractivity contribution in [2.75, 3.05) is 5.32 Å². The largest absolute Gasteiger partial charge is 0.444 e. The maximum Gasteiger partial charge on any atom is 0.339 e. The fraction of sp³-hybridized carbons (Fsp3) is 0.167. The lowest BCUT2D eigenvalue weighted by atomic mass is 10.1. The van der Waals surface area contributed by atoms with Crippen LogP contribution in [0.15, 0.2) is 72.8 Å². The standard InChI is InChI=1S/C24H22N4O3/c1-3-28-21-14-11-18(15-20(21)26-27-28)24(30)31-22(17-7-5-4-6-8-17)23(29)25-19-12-9-16(2)10-13-19/h4-15,22H,3H2,1-2H3,(H,25,29). The fourth-order valence-electron chi connectivity index (χ4n) is 3.25.